The lowest BCUT2D eigenvalue weighted by Gasteiger charge is -2.17. The summed E-state index contributed by atoms with van der Waals surface area (Å²) in [5, 5.41) is 0. The first-order valence-electron chi connectivity index (χ1n) is 10.5. The maximum atomic E-state index is 12.4. The van der Waals surface area contributed by atoms with Gasteiger partial charge in [0.05, 0.1) is 13.2 Å². The first-order valence-corrected chi connectivity index (χ1v) is 11.7. The van der Waals surface area contributed by atoms with Crippen LogP contribution < -0.4 is 0 Å². The Morgan fingerprint density at radius 3 is 1.32 bits per heavy atom. The maximum absolute atomic E-state index is 12.4. The molecule has 0 aromatic heterocycles. The molecule has 2 aromatic rings. The van der Waals surface area contributed by atoms with E-state index in [-0.39, 0.29) is 0 Å². The molecular formula is C24H35O3P. The summed E-state index contributed by atoms with van der Waals surface area (Å²) in [5.41, 5.74) is 10.2. The zero-order valence-electron chi connectivity index (χ0n) is 18.3. The highest BCUT2D eigenvalue weighted by molar-refractivity contribution is 7.33. The Hall–Kier alpha value is -1.41. The molecule has 0 aliphatic heterocycles. The minimum Gasteiger partial charge on any atom is -0.306 e. The van der Waals surface area contributed by atoms with E-state index in [2.05, 4.69) is 65.8 Å². The highest BCUT2D eigenvalue weighted by Crippen LogP contribution is 2.31. The Morgan fingerprint density at radius 2 is 1.00 bits per heavy atom. The molecule has 154 valence electrons. The van der Waals surface area contributed by atoms with Gasteiger partial charge in [0.1, 0.15) is 0 Å². The number of rotatable bonds is 10. The summed E-state index contributed by atoms with van der Waals surface area (Å²) in [6.45, 7) is 13.6. The monoisotopic (exact) mass is 402 g/mol. The maximum Gasteiger partial charge on any atom is 0.319 e. The SMILES string of the molecule is CCc1c(C)ccc(CO[PH](=O)OCc2ccc(C)c(CC)c2CC)c1CC. The summed E-state index contributed by atoms with van der Waals surface area (Å²) < 4.78 is 23.6. The third-order valence-corrected chi connectivity index (χ3v) is 6.39. The average molecular weight is 403 g/mol. The van der Waals surface area contributed by atoms with Crippen LogP contribution in [-0.4, -0.2) is 0 Å². The van der Waals surface area contributed by atoms with Crippen molar-refractivity contribution in [1.82, 2.24) is 0 Å². The molecule has 3 nitrogen and oxygen atoms in total. The van der Waals surface area contributed by atoms with Gasteiger partial charge in [-0.15, -0.1) is 0 Å². The number of aryl methyl sites for hydroxylation is 2. The molecule has 0 fully saturated rings. The lowest BCUT2D eigenvalue weighted by molar-refractivity contribution is 0.212. The normalized spacial score (nSPS) is 11.4. The van der Waals surface area contributed by atoms with Crippen molar-refractivity contribution in [2.45, 2.75) is 80.4 Å². The molecule has 0 heterocycles. The molecule has 0 spiro atoms. The van der Waals surface area contributed by atoms with Crippen molar-refractivity contribution in [2.24, 2.45) is 0 Å². The third kappa shape index (κ3) is 5.35. The first kappa shape index (κ1) is 22.9. The van der Waals surface area contributed by atoms with Gasteiger partial charge >= 0.3 is 8.25 Å². The zero-order valence-corrected chi connectivity index (χ0v) is 19.3. The van der Waals surface area contributed by atoms with E-state index in [1.165, 1.54) is 33.4 Å². The fraction of sp³-hybridized carbons (Fsp3) is 0.500. The van der Waals surface area contributed by atoms with Crippen LogP contribution in [0.3, 0.4) is 0 Å². The van der Waals surface area contributed by atoms with E-state index in [1.807, 2.05) is 0 Å². The molecule has 0 bridgehead atoms. The van der Waals surface area contributed by atoms with E-state index in [4.69, 9.17) is 9.05 Å². The molecule has 2 aromatic carbocycles. The Morgan fingerprint density at radius 1 is 0.643 bits per heavy atom. The summed E-state index contributed by atoms with van der Waals surface area (Å²) in [5.74, 6) is 0. The predicted molar refractivity (Wildman–Crippen MR) is 118 cm³/mol. The largest absolute Gasteiger partial charge is 0.319 e. The van der Waals surface area contributed by atoms with Crippen LogP contribution in [0.25, 0.3) is 0 Å². The predicted octanol–water partition coefficient (Wildman–Crippen LogP) is 6.68. The molecule has 0 atom stereocenters. The van der Waals surface area contributed by atoms with Gasteiger partial charge in [0.25, 0.3) is 0 Å². The van der Waals surface area contributed by atoms with Crippen LogP contribution in [0.2, 0.25) is 0 Å². The van der Waals surface area contributed by atoms with Gasteiger partial charge in [0.2, 0.25) is 0 Å². The van der Waals surface area contributed by atoms with E-state index in [0.29, 0.717) is 13.2 Å². The molecule has 0 unspecified atom stereocenters. The van der Waals surface area contributed by atoms with Crippen LogP contribution in [0.4, 0.5) is 0 Å². The average Bonchev–Trinajstić information content (AvgIpc) is 2.70. The summed E-state index contributed by atoms with van der Waals surface area (Å²) in [4.78, 5) is 0. The summed E-state index contributed by atoms with van der Waals surface area (Å²) in [6.07, 6.45) is 3.91. The van der Waals surface area contributed by atoms with Gasteiger partial charge in [-0.25, -0.2) is 0 Å². The van der Waals surface area contributed by atoms with E-state index in [1.54, 1.807) is 0 Å². The van der Waals surface area contributed by atoms with Crippen LogP contribution in [-0.2, 0) is 52.5 Å². The highest BCUT2D eigenvalue weighted by atomic mass is 31.1. The quantitative estimate of drug-likeness (QED) is 0.416. The molecule has 0 saturated carbocycles. The topological polar surface area (TPSA) is 35.5 Å². The lowest BCUT2D eigenvalue weighted by Crippen LogP contribution is -2.03. The Bertz CT molecular complexity index is 760. The Kier molecular flexibility index (Phi) is 8.95. The molecule has 0 aliphatic rings. The van der Waals surface area contributed by atoms with Crippen LogP contribution >= 0.6 is 8.25 Å². The van der Waals surface area contributed by atoms with Crippen molar-refractivity contribution in [3.63, 3.8) is 0 Å². The van der Waals surface area contributed by atoms with Gasteiger partial charge in [-0.2, -0.15) is 0 Å². The fourth-order valence-corrected chi connectivity index (χ4v) is 4.80. The standard InChI is InChI=1S/C24H35O3P/c1-7-21-17(5)11-13-19(23(21)9-3)15-26-28(25)27-16-20-14-12-18(6)22(8-2)24(20)10-4/h11-14,28H,7-10,15-16H2,1-6H3. The zero-order chi connectivity index (χ0) is 20.7. The second kappa shape index (κ2) is 11.0. The van der Waals surface area contributed by atoms with Crippen LogP contribution in [0.1, 0.15) is 72.2 Å². The summed E-state index contributed by atoms with van der Waals surface area (Å²) in [6, 6.07) is 8.43. The van der Waals surface area contributed by atoms with Gasteiger partial charge in [-0.05, 0) is 84.0 Å². The molecule has 0 amide bonds. The van der Waals surface area contributed by atoms with Gasteiger partial charge in [-0.3, -0.25) is 4.57 Å². The van der Waals surface area contributed by atoms with Crippen LogP contribution in [0.5, 0.6) is 0 Å². The van der Waals surface area contributed by atoms with E-state index in [0.717, 1.165) is 36.8 Å². The van der Waals surface area contributed by atoms with Gasteiger partial charge in [-0.1, -0.05) is 52.0 Å². The molecule has 0 N–H and O–H groups in total. The third-order valence-electron chi connectivity index (χ3n) is 5.63. The summed E-state index contributed by atoms with van der Waals surface area (Å²) in [7, 11) is -2.54. The van der Waals surface area contributed by atoms with Crippen molar-refractivity contribution >= 4 is 8.25 Å². The van der Waals surface area contributed by atoms with Gasteiger partial charge < -0.3 is 9.05 Å². The van der Waals surface area contributed by atoms with Crippen molar-refractivity contribution in [1.29, 1.82) is 0 Å². The van der Waals surface area contributed by atoms with Crippen molar-refractivity contribution in [3.8, 4) is 0 Å². The smallest absolute Gasteiger partial charge is 0.306 e. The molecule has 4 heteroatoms. The van der Waals surface area contributed by atoms with Crippen molar-refractivity contribution < 1.29 is 13.6 Å². The minimum absolute atomic E-state index is 0.336. The van der Waals surface area contributed by atoms with Crippen molar-refractivity contribution in [3.05, 3.63) is 68.8 Å². The molecule has 0 radical (unpaired) electrons. The molecule has 28 heavy (non-hydrogen) atoms. The Balaban J connectivity index is 2.03. The second-order valence-corrected chi connectivity index (χ2v) is 8.32. The highest BCUT2D eigenvalue weighted by Gasteiger charge is 2.12. The van der Waals surface area contributed by atoms with Crippen LogP contribution in [0, 0.1) is 13.8 Å². The fourth-order valence-electron chi connectivity index (χ4n) is 4.17. The molecule has 0 aliphatic carbocycles. The van der Waals surface area contributed by atoms with Gasteiger partial charge in [0, 0.05) is 0 Å². The molecule has 0 saturated heterocycles. The molecule has 2 rings (SSSR count). The first-order chi connectivity index (χ1) is 13.5. The lowest BCUT2D eigenvalue weighted by atomic mass is 9.93. The molecular weight excluding hydrogens is 367 g/mol. The van der Waals surface area contributed by atoms with Gasteiger partial charge in [0.15, 0.2) is 0 Å². The second-order valence-electron chi connectivity index (χ2n) is 7.24. The van der Waals surface area contributed by atoms with E-state index in [9.17, 15) is 4.57 Å². The Labute approximate surface area is 171 Å². The van der Waals surface area contributed by atoms with E-state index < -0.39 is 8.25 Å². The number of benzene rings is 2. The minimum atomic E-state index is -2.54. The number of hydrogen-bond acceptors (Lipinski definition) is 3. The summed E-state index contributed by atoms with van der Waals surface area (Å²) >= 11 is 0. The van der Waals surface area contributed by atoms with E-state index >= 15 is 0 Å². The van der Waals surface area contributed by atoms with Crippen LogP contribution in [0.15, 0.2) is 24.3 Å². The van der Waals surface area contributed by atoms with Crippen molar-refractivity contribution in [2.75, 3.05) is 0 Å². The number of hydrogen-bond donors (Lipinski definition) is 0.